The molecule has 1 aromatic heterocycles. The van der Waals surface area contributed by atoms with E-state index in [1.807, 2.05) is 31.2 Å². The van der Waals surface area contributed by atoms with Gasteiger partial charge in [0, 0.05) is 53.5 Å². The Hall–Kier alpha value is -3.45. The predicted molar refractivity (Wildman–Crippen MR) is 172 cm³/mol. The Morgan fingerprint density at radius 2 is 1.66 bits per heavy atom. The van der Waals surface area contributed by atoms with Crippen molar-refractivity contribution in [3.8, 4) is 0 Å². The number of H-pyrrole nitrogens is 1. The zero-order valence-corrected chi connectivity index (χ0v) is 27.6. The van der Waals surface area contributed by atoms with Gasteiger partial charge in [0.05, 0.1) is 39.1 Å². The molecule has 0 saturated carbocycles. The van der Waals surface area contributed by atoms with E-state index in [4.69, 9.17) is 18.9 Å². The maximum absolute atomic E-state index is 15.9. The summed E-state index contributed by atoms with van der Waals surface area (Å²) in [4.78, 5) is 29.1. The van der Waals surface area contributed by atoms with Gasteiger partial charge in [0.2, 0.25) is 0 Å². The number of ether oxygens (including phenoxy) is 4. The zero-order valence-electron chi connectivity index (χ0n) is 27.6. The summed E-state index contributed by atoms with van der Waals surface area (Å²) in [5.74, 6) is -2.72. The quantitative estimate of drug-likeness (QED) is 0.134. The number of hydrogen-bond acceptors (Lipinski definition) is 7. The van der Waals surface area contributed by atoms with Crippen molar-refractivity contribution in [3.05, 3.63) is 70.4 Å². The van der Waals surface area contributed by atoms with Crippen molar-refractivity contribution in [2.45, 2.75) is 64.7 Å². The number of aromatic amines is 1. The number of fused-ring (bicyclic) bond motifs is 3. The molecule has 47 heavy (non-hydrogen) atoms. The maximum atomic E-state index is 15.9. The molecule has 2 atom stereocenters. The number of halogens is 3. The minimum Gasteiger partial charge on any atom is -0.464 e. The Morgan fingerprint density at radius 1 is 1.00 bits per heavy atom. The number of nitrogens with zero attached hydrogens (tertiary/aromatic N) is 1. The number of hydrogen-bond donors (Lipinski definition) is 2. The number of nitrogens with one attached hydrogen (secondary N) is 2. The van der Waals surface area contributed by atoms with Crippen LogP contribution in [0.3, 0.4) is 0 Å². The topological polar surface area (TPSA) is 102 Å². The Morgan fingerprint density at radius 3 is 2.34 bits per heavy atom. The summed E-state index contributed by atoms with van der Waals surface area (Å²) in [5, 5.41) is 3.69. The van der Waals surface area contributed by atoms with Gasteiger partial charge in [-0.1, -0.05) is 18.2 Å². The minimum absolute atomic E-state index is 0.0288. The van der Waals surface area contributed by atoms with Crippen molar-refractivity contribution in [2.24, 2.45) is 0 Å². The van der Waals surface area contributed by atoms with E-state index in [0.29, 0.717) is 64.5 Å². The number of aromatic nitrogens is 1. The highest BCUT2D eigenvalue weighted by Crippen LogP contribution is 2.43. The first-order valence-electron chi connectivity index (χ1n) is 16.2. The van der Waals surface area contributed by atoms with Crippen molar-refractivity contribution in [1.82, 2.24) is 15.2 Å². The third kappa shape index (κ3) is 10.0. The summed E-state index contributed by atoms with van der Waals surface area (Å²) in [5.41, 5.74) is 0.501. The van der Waals surface area contributed by atoms with E-state index in [1.54, 1.807) is 11.8 Å². The summed E-state index contributed by atoms with van der Waals surface area (Å²) in [6, 6.07) is 8.71. The molecule has 0 unspecified atom stereocenters. The van der Waals surface area contributed by atoms with Crippen LogP contribution in [0.25, 0.3) is 10.9 Å². The second-order valence-corrected chi connectivity index (χ2v) is 12.3. The number of carbonyl (C=O) groups is 2. The van der Waals surface area contributed by atoms with Crippen LogP contribution in [-0.2, 0) is 30.2 Å². The number of carbonyl (C=O) groups excluding carboxylic acids is 2. The van der Waals surface area contributed by atoms with Crippen LogP contribution in [0.15, 0.2) is 36.4 Å². The predicted octanol–water partition coefficient (Wildman–Crippen LogP) is 5.65. The molecule has 2 heterocycles. The van der Waals surface area contributed by atoms with Crippen LogP contribution in [0.4, 0.5) is 13.2 Å². The van der Waals surface area contributed by atoms with Crippen molar-refractivity contribution >= 4 is 22.8 Å². The molecule has 2 aromatic carbocycles. The lowest BCUT2D eigenvalue weighted by atomic mass is 9.87. The first-order chi connectivity index (χ1) is 22.5. The molecular formula is C35H46F3N3O6. The van der Waals surface area contributed by atoms with Crippen LogP contribution < -0.4 is 5.32 Å². The molecule has 3 aromatic rings. The number of para-hydroxylation sites is 1. The first kappa shape index (κ1) is 36.4. The number of esters is 1. The molecule has 0 aliphatic carbocycles. The molecule has 12 heteroatoms. The highest BCUT2D eigenvalue weighted by molar-refractivity contribution is 5.94. The van der Waals surface area contributed by atoms with Crippen LogP contribution in [0.5, 0.6) is 0 Å². The van der Waals surface area contributed by atoms with Crippen LogP contribution in [0.2, 0.25) is 0 Å². The molecule has 0 bridgehead atoms. The third-order valence-corrected chi connectivity index (χ3v) is 7.96. The van der Waals surface area contributed by atoms with E-state index in [-0.39, 0.29) is 36.9 Å². The van der Waals surface area contributed by atoms with E-state index in [1.165, 1.54) is 13.8 Å². The van der Waals surface area contributed by atoms with Gasteiger partial charge in [0.25, 0.3) is 5.91 Å². The lowest BCUT2D eigenvalue weighted by Gasteiger charge is -2.43. The van der Waals surface area contributed by atoms with E-state index in [2.05, 4.69) is 10.3 Å². The van der Waals surface area contributed by atoms with E-state index in [0.717, 1.165) is 28.6 Å². The molecular weight excluding hydrogens is 615 g/mol. The van der Waals surface area contributed by atoms with Crippen molar-refractivity contribution in [3.63, 3.8) is 0 Å². The van der Waals surface area contributed by atoms with Crippen LogP contribution in [-0.4, -0.2) is 92.8 Å². The van der Waals surface area contributed by atoms with Gasteiger partial charge in [-0.05, 0) is 70.7 Å². The SMILES string of the molecule is CCOC(=O)COCCOCCOCCCCNC(=O)c1cc(F)c([C@@H]2c3[nH]c4ccccc4c3C[C@@H](C)N2CC(C)(C)F)c(F)c1. The Bertz CT molecular complexity index is 1470. The van der Waals surface area contributed by atoms with Gasteiger partial charge < -0.3 is 29.2 Å². The molecule has 1 aliphatic rings. The number of rotatable bonds is 18. The van der Waals surface area contributed by atoms with Crippen LogP contribution in [0, 0.1) is 11.6 Å². The number of unbranched alkanes of at least 4 members (excludes halogenated alkanes) is 1. The Balaban J connectivity index is 1.29. The largest absolute Gasteiger partial charge is 0.464 e. The molecule has 4 rings (SSSR count). The van der Waals surface area contributed by atoms with Gasteiger partial charge in [0.15, 0.2) is 0 Å². The number of benzene rings is 2. The van der Waals surface area contributed by atoms with Crippen LogP contribution >= 0.6 is 0 Å². The molecule has 0 spiro atoms. The van der Waals surface area contributed by atoms with Gasteiger partial charge in [-0.15, -0.1) is 0 Å². The number of alkyl halides is 1. The average molecular weight is 662 g/mol. The standard InChI is InChI=1S/C35H46F3N3O6/c1-5-47-30(42)21-46-17-16-45-15-14-44-13-9-8-12-39-34(43)24-19-27(36)31(28(37)20-24)33-32-26(25-10-6-7-11-29(25)40-32)18-23(2)41(33)22-35(3,4)38/h6-7,10-11,19-20,23,33,40H,5,8-9,12-18,21-22H2,1-4H3,(H,39,43)/t23-,33-/m1/s1. The highest BCUT2D eigenvalue weighted by atomic mass is 19.1. The minimum atomic E-state index is -1.61. The summed E-state index contributed by atoms with van der Waals surface area (Å²) in [6.45, 7) is 8.87. The molecule has 0 fully saturated rings. The fourth-order valence-corrected chi connectivity index (χ4v) is 5.91. The van der Waals surface area contributed by atoms with Gasteiger partial charge >= 0.3 is 5.97 Å². The van der Waals surface area contributed by atoms with Gasteiger partial charge in [-0.25, -0.2) is 18.0 Å². The first-order valence-corrected chi connectivity index (χ1v) is 16.2. The smallest absolute Gasteiger partial charge is 0.332 e. The van der Waals surface area contributed by atoms with E-state index >= 15 is 13.2 Å². The molecule has 1 aliphatic heterocycles. The van der Waals surface area contributed by atoms with Gasteiger partial charge in [-0.3, -0.25) is 9.69 Å². The molecule has 9 nitrogen and oxygen atoms in total. The Labute approximate surface area is 274 Å². The molecule has 0 radical (unpaired) electrons. The molecule has 2 N–H and O–H groups in total. The molecule has 0 saturated heterocycles. The lowest BCUT2D eigenvalue weighted by molar-refractivity contribution is -0.149. The summed E-state index contributed by atoms with van der Waals surface area (Å²) < 4.78 is 67.5. The highest BCUT2D eigenvalue weighted by Gasteiger charge is 2.41. The molecule has 258 valence electrons. The summed E-state index contributed by atoms with van der Waals surface area (Å²) >= 11 is 0. The number of amides is 1. The van der Waals surface area contributed by atoms with Crippen molar-refractivity contribution < 1.29 is 41.7 Å². The van der Waals surface area contributed by atoms with Crippen molar-refractivity contribution in [2.75, 3.05) is 59.3 Å². The monoisotopic (exact) mass is 661 g/mol. The fourth-order valence-electron chi connectivity index (χ4n) is 5.91. The van der Waals surface area contributed by atoms with E-state index < -0.39 is 35.2 Å². The van der Waals surface area contributed by atoms with Crippen molar-refractivity contribution in [1.29, 1.82) is 0 Å². The summed E-state index contributed by atoms with van der Waals surface area (Å²) in [7, 11) is 0. The van der Waals surface area contributed by atoms with Gasteiger partial charge in [-0.2, -0.15) is 0 Å². The second-order valence-electron chi connectivity index (χ2n) is 12.3. The van der Waals surface area contributed by atoms with Crippen LogP contribution in [0.1, 0.15) is 73.8 Å². The third-order valence-electron chi connectivity index (χ3n) is 7.96. The Kier molecular flexibility index (Phi) is 13.2. The molecule has 1 amide bonds. The summed E-state index contributed by atoms with van der Waals surface area (Å²) in [6.07, 6.45) is 1.87. The zero-order chi connectivity index (χ0) is 34.0. The second kappa shape index (κ2) is 17.1. The average Bonchev–Trinajstić information content (AvgIpc) is 3.37. The van der Waals surface area contributed by atoms with Gasteiger partial charge in [0.1, 0.15) is 23.9 Å². The fraction of sp³-hybridized carbons (Fsp3) is 0.543. The van der Waals surface area contributed by atoms with E-state index in [9.17, 15) is 9.59 Å². The lowest BCUT2D eigenvalue weighted by Crippen LogP contribution is -2.48. The maximum Gasteiger partial charge on any atom is 0.332 e. The normalized spacial score (nSPS) is 16.7.